The number of methoxy groups -OCH3 is 1. The van der Waals surface area contributed by atoms with Crippen molar-refractivity contribution in [2.45, 2.75) is 17.9 Å². The molecular weight excluding hydrogens is 465 g/mol. The van der Waals surface area contributed by atoms with Gasteiger partial charge in [0, 0.05) is 18.7 Å². The molecule has 0 saturated heterocycles. The second-order valence-electron chi connectivity index (χ2n) is 7.15. The average Bonchev–Trinajstić information content (AvgIpc) is 3.25. The third-order valence-corrected chi connectivity index (χ3v) is 7.71. The molecule has 7 nitrogen and oxygen atoms in total. The minimum atomic E-state index is -3.76. The second-order valence-corrected chi connectivity index (χ2v) is 10.3. The van der Waals surface area contributed by atoms with E-state index in [1.807, 2.05) is 18.2 Å². The van der Waals surface area contributed by atoms with Crippen LogP contribution in [0.3, 0.4) is 0 Å². The Balaban J connectivity index is 1.60. The summed E-state index contributed by atoms with van der Waals surface area (Å²) < 4.78 is 44.5. The first kappa shape index (κ1) is 22.8. The zero-order valence-electron chi connectivity index (χ0n) is 17.6. The first-order valence-electron chi connectivity index (χ1n) is 9.99. The molecule has 1 amide bonds. The highest BCUT2D eigenvalue weighted by atomic mass is 32.2. The highest BCUT2D eigenvalue weighted by Crippen LogP contribution is 2.32. The number of thiazole rings is 1. The number of benzene rings is 2. The van der Waals surface area contributed by atoms with Crippen molar-refractivity contribution in [3.05, 3.63) is 78.4 Å². The summed E-state index contributed by atoms with van der Waals surface area (Å²) in [5.74, 6) is -0.696. The standard InChI is InChI=1S/C23H20FN3O4S2/c1-31-18-7-10-21-20(14-18)26-23(32-21)27(15-17-4-2-3-12-25-17)22(28)11-13-33(29,30)19-8-5-16(24)6-9-19/h2-10,12,14H,11,13,15H2,1H3. The van der Waals surface area contributed by atoms with Crippen LogP contribution in [0.1, 0.15) is 12.1 Å². The van der Waals surface area contributed by atoms with Crippen LogP contribution >= 0.6 is 11.3 Å². The minimum Gasteiger partial charge on any atom is -0.497 e. The highest BCUT2D eigenvalue weighted by Gasteiger charge is 2.24. The van der Waals surface area contributed by atoms with Crippen molar-refractivity contribution < 1.29 is 22.3 Å². The van der Waals surface area contributed by atoms with E-state index in [0.717, 1.165) is 16.8 Å². The molecule has 0 unspecified atom stereocenters. The summed E-state index contributed by atoms with van der Waals surface area (Å²) >= 11 is 1.32. The first-order valence-corrected chi connectivity index (χ1v) is 12.5. The summed E-state index contributed by atoms with van der Waals surface area (Å²) in [7, 11) is -2.20. The molecule has 0 saturated carbocycles. The lowest BCUT2D eigenvalue weighted by Crippen LogP contribution is -2.32. The number of fused-ring (bicyclic) bond motifs is 1. The fourth-order valence-corrected chi connectivity index (χ4v) is 5.36. The van der Waals surface area contributed by atoms with Crippen LogP contribution in [0.4, 0.5) is 9.52 Å². The number of sulfone groups is 1. The Morgan fingerprint density at radius 2 is 1.91 bits per heavy atom. The molecule has 4 aromatic rings. The topological polar surface area (TPSA) is 89.5 Å². The number of anilines is 1. The molecule has 0 radical (unpaired) electrons. The Morgan fingerprint density at radius 1 is 1.12 bits per heavy atom. The normalized spacial score (nSPS) is 11.5. The summed E-state index contributed by atoms with van der Waals surface area (Å²) in [6.07, 6.45) is 1.37. The zero-order chi connectivity index (χ0) is 23.4. The maximum absolute atomic E-state index is 13.2. The van der Waals surface area contributed by atoms with Crippen molar-refractivity contribution in [1.82, 2.24) is 9.97 Å². The van der Waals surface area contributed by atoms with Crippen LogP contribution in [0.15, 0.2) is 71.8 Å². The summed E-state index contributed by atoms with van der Waals surface area (Å²) in [6, 6.07) is 15.4. The molecule has 0 N–H and O–H groups in total. The average molecular weight is 486 g/mol. The number of pyridine rings is 1. The number of carbonyl (C=O) groups excluding carboxylic acids is 1. The van der Waals surface area contributed by atoms with Crippen LogP contribution in [-0.2, 0) is 21.2 Å². The van der Waals surface area contributed by atoms with E-state index in [0.29, 0.717) is 22.1 Å². The molecule has 170 valence electrons. The first-order chi connectivity index (χ1) is 15.9. The molecule has 0 aliphatic heterocycles. The number of nitrogens with zero attached hydrogens (tertiary/aromatic N) is 3. The summed E-state index contributed by atoms with van der Waals surface area (Å²) in [5, 5.41) is 0.438. The Morgan fingerprint density at radius 3 is 2.61 bits per heavy atom. The van der Waals surface area contributed by atoms with Crippen LogP contribution < -0.4 is 9.64 Å². The molecule has 0 aliphatic rings. The van der Waals surface area contributed by atoms with Crippen LogP contribution in [0, 0.1) is 5.82 Å². The maximum Gasteiger partial charge on any atom is 0.230 e. The van der Waals surface area contributed by atoms with E-state index in [-0.39, 0.29) is 17.9 Å². The van der Waals surface area contributed by atoms with Crippen molar-refractivity contribution in [3.8, 4) is 5.75 Å². The molecule has 2 heterocycles. The highest BCUT2D eigenvalue weighted by molar-refractivity contribution is 7.91. The number of carbonyl (C=O) groups is 1. The summed E-state index contributed by atoms with van der Waals surface area (Å²) in [6.45, 7) is 0.146. The largest absolute Gasteiger partial charge is 0.497 e. The van der Waals surface area contributed by atoms with Gasteiger partial charge in [0.2, 0.25) is 5.91 Å². The van der Waals surface area contributed by atoms with Gasteiger partial charge in [-0.25, -0.2) is 17.8 Å². The monoisotopic (exact) mass is 485 g/mol. The van der Waals surface area contributed by atoms with Gasteiger partial charge in [-0.15, -0.1) is 0 Å². The molecule has 0 aliphatic carbocycles. The lowest BCUT2D eigenvalue weighted by atomic mass is 10.3. The van der Waals surface area contributed by atoms with E-state index in [9.17, 15) is 17.6 Å². The summed E-state index contributed by atoms with van der Waals surface area (Å²) in [5.41, 5.74) is 1.32. The SMILES string of the molecule is COc1ccc2sc(N(Cc3ccccn3)C(=O)CCS(=O)(=O)c3ccc(F)cc3)nc2c1. The number of amides is 1. The van der Waals surface area contributed by atoms with Crippen molar-refractivity contribution >= 4 is 42.4 Å². The lowest BCUT2D eigenvalue weighted by molar-refractivity contribution is -0.118. The number of hydrogen-bond donors (Lipinski definition) is 0. The Hall–Kier alpha value is -3.37. The quantitative estimate of drug-likeness (QED) is 0.347. The van der Waals surface area contributed by atoms with Gasteiger partial charge in [-0.3, -0.25) is 14.7 Å². The predicted molar refractivity (Wildman–Crippen MR) is 125 cm³/mol. The van der Waals surface area contributed by atoms with E-state index in [4.69, 9.17) is 4.74 Å². The van der Waals surface area contributed by atoms with Crippen molar-refractivity contribution in [1.29, 1.82) is 0 Å². The van der Waals surface area contributed by atoms with Gasteiger partial charge in [-0.2, -0.15) is 0 Å². The van der Waals surface area contributed by atoms with E-state index >= 15 is 0 Å². The van der Waals surface area contributed by atoms with Crippen LogP contribution in [-0.4, -0.2) is 37.2 Å². The molecule has 0 fully saturated rings. The van der Waals surface area contributed by atoms with E-state index in [2.05, 4.69) is 9.97 Å². The summed E-state index contributed by atoms with van der Waals surface area (Å²) in [4.78, 5) is 23.5. The minimum absolute atomic E-state index is 0.0277. The second kappa shape index (κ2) is 9.63. The molecular formula is C23H20FN3O4S2. The van der Waals surface area contributed by atoms with E-state index in [1.165, 1.54) is 28.4 Å². The molecule has 0 atom stereocenters. The lowest BCUT2D eigenvalue weighted by Gasteiger charge is -2.19. The molecule has 2 aromatic heterocycles. The number of rotatable bonds is 8. The smallest absolute Gasteiger partial charge is 0.230 e. The van der Waals surface area contributed by atoms with Crippen molar-refractivity contribution in [3.63, 3.8) is 0 Å². The van der Waals surface area contributed by atoms with Crippen molar-refractivity contribution in [2.24, 2.45) is 0 Å². The van der Waals surface area contributed by atoms with E-state index in [1.54, 1.807) is 31.5 Å². The molecule has 2 aromatic carbocycles. The van der Waals surface area contributed by atoms with Gasteiger partial charge < -0.3 is 4.74 Å². The van der Waals surface area contributed by atoms with Gasteiger partial charge in [0.15, 0.2) is 15.0 Å². The van der Waals surface area contributed by atoms with Crippen LogP contribution in [0.25, 0.3) is 10.2 Å². The zero-order valence-corrected chi connectivity index (χ0v) is 19.3. The van der Waals surface area contributed by atoms with Gasteiger partial charge >= 0.3 is 0 Å². The molecule has 33 heavy (non-hydrogen) atoms. The van der Waals surface area contributed by atoms with Gasteiger partial charge in [-0.1, -0.05) is 17.4 Å². The van der Waals surface area contributed by atoms with Gasteiger partial charge in [0.1, 0.15) is 11.6 Å². The molecule has 4 rings (SSSR count). The molecule has 10 heteroatoms. The Bertz CT molecular complexity index is 1370. The third-order valence-electron chi connectivity index (χ3n) is 4.92. The molecule has 0 bridgehead atoms. The third kappa shape index (κ3) is 5.35. The number of aromatic nitrogens is 2. The number of hydrogen-bond acceptors (Lipinski definition) is 7. The van der Waals surface area contributed by atoms with Gasteiger partial charge in [-0.05, 0) is 48.5 Å². The fourth-order valence-electron chi connectivity index (χ4n) is 3.17. The number of ether oxygens (including phenoxy) is 1. The predicted octanol–water partition coefficient (Wildman–Crippen LogP) is 4.24. The number of halogens is 1. The van der Waals surface area contributed by atoms with Crippen LogP contribution in [0.5, 0.6) is 5.75 Å². The Labute approximate surface area is 194 Å². The maximum atomic E-state index is 13.2. The fraction of sp³-hybridized carbons (Fsp3) is 0.174. The van der Waals surface area contributed by atoms with Crippen molar-refractivity contribution in [2.75, 3.05) is 17.8 Å². The van der Waals surface area contributed by atoms with Gasteiger partial charge in [0.25, 0.3) is 0 Å². The van der Waals surface area contributed by atoms with Gasteiger partial charge in [0.05, 0.1) is 40.2 Å². The van der Waals surface area contributed by atoms with E-state index < -0.39 is 27.3 Å². The van der Waals surface area contributed by atoms with Crippen LogP contribution in [0.2, 0.25) is 0 Å². The Kier molecular flexibility index (Phi) is 6.66. The molecule has 0 spiro atoms.